The molecular weight excluding hydrogens is 262 g/mol. The summed E-state index contributed by atoms with van der Waals surface area (Å²) in [5.41, 5.74) is 0. The molecule has 2 fully saturated rings. The van der Waals surface area contributed by atoms with Gasteiger partial charge in [0, 0.05) is 58.6 Å². The van der Waals surface area contributed by atoms with Crippen LogP contribution in [0.1, 0.15) is 0 Å². The SMILES string of the molecule is C1CNCCN1.Clc1cccnc1N1CCNCC1. The van der Waals surface area contributed by atoms with Crippen molar-refractivity contribution in [2.75, 3.05) is 57.3 Å². The van der Waals surface area contributed by atoms with Gasteiger partial charge in [-0.05, 0) is 12.1 Å². The number of hydrogen-bond acceptors (Lipinski definition) is 5. The highest BCUT2D eigenvalue weighted by Gasteiger charge is 2.13. The molecule has 5 nitrogen and oxygen atoms in total. The first kappa shape index (κ1) is 14.5. The zero-order valence-electron chi connectivity index (χ0n) is 11.2. The van der Waals surface area contributed by atoms with Crippen LogP contribution in [0.25, 0.3) is 0 Å². The Bertz CT molecular complexity index is 352. The fraction of sp³-hybridized carbons (Fsp3) is 0.615. The zero-order chi connectivity index (χ0) is 13.3. The number of nitrogens with zero attached hydrogens (tertiary/aromatic N) is 2. The van der Waals surface area contributed by atoms with Crippen molar-refractivity contribution in [3.63, 3.8) is 0 Å². The van der Waals surface area contributed by atoms with Crippen molar-refractivity contribution in [2.45, 2.75) is 0 Å². The minimum absolute atomic E-state index is 0.740. The average molecular weight is 284 g/mol. The third kappa shape index (κ3) is 4.95. The van der Waals surface area contributed by atoms with Crippen LogP contribution in [-0.2, 0) is 0 Å². The molecule has 0 atom stereocenters. The Morgan fingerprint density at radius 2 is 1.53 bits per heavy atom. The summed E-state index contributed by atoms with van der Waals surface area (Å²) in [5.74, 6) is 0.908. The maximum Gasteiger partial charge on any atom is 0.147 e. The monoisotopic (exact) mass is 283 g/mol. The molecule has 1 aromatic rings. The van der Waals surface area contributed by atoms with E-state index >= 15 is 0 Å². The van der Waals surface area contributed by atoms with Gasteiger partial charge in [-0.15, -0.1) is 0 Å². The van der Waals surface area contributed by atoms with Crippen LogP contribution < -0.4 is 20.9 Å². The van der Waals surface area contributed by atoms with Crippen LogP contribution >= 0.6 is 11.6 Å². The highest BCUT2D eigenvalue weighted by molar-refractivity contribution is 6.32. The number of nitrogens with one attached hydrogen (secondary N) is 3. The molecule has 2 saturated heterocycles. The summed E-state index contributed by atoms with van der Waals surface area (Å²) < 4.78 is 0. The Labute approximate surface area is 119 Å². The minimum Gasteiger partial charge on any atom is -0.353 e. The molecule has 0 radical (unpaired) electrons. The van der Waals surface area contributed by atoms with Crippen molar-refractivity contribution in [3.8, 4) is 0 Å². The molecule has 0 aliphatic carbocycles. The van der Waals surface area contributed by atoms with Crippen molar-refractivity contribution in [1.29, 1.82) is 0 Å². The van der Waals surface area contributed by atoms with Gasteiger partial charge in [-0.25, -0.2) is 4.98 Å². The lowest BCUT2D eigenvalue weighted by molar-refractivity contribution is 0.534. The Morgan fingerprint density at radius 1 is 0.947 bits per heavy atom. The Kier molecular flexibility index (Phi) is 6.36. The third-order valence-corrected chi connectivity index (χ3v) is 3.41. The summed E-state index contributed by atoms with van der Waals surface area (Å²) in [6.45, 7) is 8.53. The first-order valence-corrected chi connectivity index (χ1v) is 7.23. The van der Waals surface area contributed by atoms with Crippen LogP contribution in [0.3, 0.4) is 0 Å². The smallest absolute Gasteiger partial charge is 0.147 e. The van der Waals surface area contributed by atoms with Crippen molar-refractivity contribution in [2.24, 2.45) is 0 Å². The van der Waals surface area contributed by atoms with Gasteiger partial charge in [0.1, 0.15) is 5.82 Å². The molecule has 106 valence electrons. The molecule has 3 N–H and O–H groups in total. The van der Waals surface area contributed by atoms with E-state index in [0.29, 0.717) is 0 Å². The topological polar surface area (TPSA) is 52.2 Å². The summed E-state index contributed by atoms with van der Waals surface area (Å²) in [4.78, 5) is 6.48. The van der Waals surface area contributed by atoms with Gasteiger partial charge in [0.2, 0.25) is 0 Å². The zero-order valence-corrected chi connectivity index (χ0v) is 11.9. The Morgan fingerprint density at radius 3 is 2.05 bits per heavy atom. The van der Waals surface area contributed by atoms with Gasteiger partial charge >= 0.3 is 0 Å². The van der Waals surface area contributed by atoms with E-state index in [0.717, 1.165) is 63.2 Å². The van der Waals surface area contributed by atoms with Crippen LogP contribution in [0.4, 0.5) is 5.82 Å². The van der Waals surface area contributed by atoms with Crippen molar-refractivity contribution < 1.29 is 0 Å². The van der Waals surface area contributed by atoms with Crippen LogP contribution in [0.2, 0.25) is 5.02 Å². The summed E-state index contributed by atoms with van der Waals surface area (Å²) in [6, 6.07) is 3.74. The normalized spacial score (nSPS) is 19.5. The number of piperazine rings is 2. The largest absolute Gasteiger partial charge is 0.353 e. The molecule has 3 heterocycles. The fourth-order valence-corrected chi connectivity index (χ4v) is 2.33. The molecule has 1 aromatic heterocycles. The number of halogens is 1. The number of aromatic nitrogens is 1. The van der Waals surface area contributed by atoms with E-state index in [-0.39, 0.29) is 0 Å². The van der Waals surface area contributed by atoms with Gasteiger partial charge in [-0.1, -0.05) is 11.6 Å². The van der Waals surface area contributed by atoms with Crippen LogP contribution in [-0.4, -0.2) is 57.3 Å². The highest BCUT2D eigenvalue weighted by atomic mass is 35.5. The lowest BCUT2D eigenvalue weighted by Crippen LogP contribution is -2.44. The van der Waals surface area contributed by atoms with E-state index in [1.807, 2.05) is 12.1 Å². The summed E-state index contributed by atoms with van der Waals surface area (Å²) >= 11 is 6.03. The molecule has 19 heavy (non-hydrogen) atoms. The van der Waals surface area contributed by atoms with E-state index in [1.54, 1.807) is 6.20 Å². The number of pyridine rings is 1. The van der Waals surface area contributed by atoms with Gasteiger partial charge in [-0.2, -0.15) is 0 Å². The maximum atomic E-state index is 6.03. The lowest BCUT2D eigenvalue weighted by atomic mass is 10.3. The van der Waals surface area contributed by atoms with Gasteiger partial charge in [-0.3, -0.25) is 0 Å². The predicted octanol–water partition coefficient (Wildman–Crippen LogP) is 0.324. The van der Waals surface area contributed by atoms with Crippen molar-refractivity contribution in [3.05, 3.63) is 23.4 Å². The predicted molar refractivity (Wildman–Crippen MR) is 80.1 cm³/mol. The molecule has 2 aliphatic heterocycles. The van der Waals surface area contributed by atoms with Gasteiger partial charge in [0.25, 0.3) is 0 Å². The first-order valence-electron chi connectivity index (χ1n) is 6.85. The van der Waals surface area contributed by atoms with Gasteiger partial charge < -0.3 is 20.9 Å². The molecular formula is C13H22ClN5. The second kappa shape index (κ2) is 8.32. The van der Waals surface area contributed by atoms with Crippen molar-refractivity contribution in [1.82, 2.24) is 20.9 Å². The summed E-state index contributed by atoms with van der Waals surface area (Å²) in [6.07, 6.45) is 1.78. The van der Waals surface area contributed by atoms with E-state index in [2.05, 4.69) is 25.8 Å². The molecule has 0 saturated carbocycles. The molecule has 6 heteroatoms. The molecule has 0 spiro atoms. The molecule has 3 rings (SSSR count). The number of anilines is 1. The van der Waals surface area contributed by atoms with Crippen LogP contribution in [0, 0.1) is 0 Å². The Hall–Kier alpha value is -0.880. The molecule has 0 unspecified atom stereocenters. The quantitative estimate of drug-likeness (QED) is 0.693. The molecule has 0 bridgehead atoms. The van der Waals surface area contributed by atoms with E-state index in [1.165, 1.54) is 0 Å². The highest BCUT2D eigenvalue weighted by Crippen LogP contribution is 2.21. The molecule has 2 aliphatic rings. The van der Waals surface area contributed by atoms with E-state index in [4.69, 9.17) is 11.6 Å². The van der Waals surface area contributed by atoms with E-state index in [9.17, 15) is 0 Å². The standard InChI is InChI=1S/C9H12ClN3.C4H10N2/c10-8-2-1-3-12-9(8)13-6-4-11-5-7-13;1-2-6-4-3-5-1/h1-3,11H,4-7H2;5-6H,1-4H2. The summed E-state index contributed by atoms with van der Waals surface area (Å²) in [5, 5.41) is 10.5. The Balaban J connectivity index is 0.000000186. The maximum absolute atomic E-state index is 6.03. The second-order valence-electron chi connectivity index (χ2n) is 4.55. The third-order valence-electron chi connectivity index (χ3n) is 3.11. The summed E-state index contributed by atoms with van der Waals surface area (Å²) in [7, 11) is 0. The van der Waals surface area contributed by atoms with Gasteiger partial charge in [0.15, 0.2) is 0 Å². The first-order chi connectivity index (χ1) is 9.38. The number of hydrogen-bond donors (Lipinski definition) is 3. The van der Waals surface area contributed by atoms with Crippen molar-refractivity contribution >= 4 is 17.4 Å². The van der Waals surface area contributed by atoms with Gasteiger partial charge in [0.05, 0.1) is 5.02 Å². The van der Waals surface area contributed by atoms with Crippen LogP contribution in [0.5, 0.6) is 0 Å². The van der Waals surface area contributed by atoms with E-state index < -0.39 is 0 Å². The fourth-order valence-electron chi connectivity index (χ4n) is 2.09. The average Bonchev–Trinajstić information content (AvgIpc) is 2.51. The molecule has 0 amide bonds. The lowest BCUT2D eigenvalue weighted by Gasteiger charge is -2.28. The van der Waals surface area contributed by atoms with Crippen LogP contribution in [0.15, 0.2) is 18.3 Å². The number of rotatable bonds is 1. The molecule has 0 aromatic carbocycles. The second-order valence-corrected chi connectivity index (χ2v) is 4.95. The minimum atomic E-state index is 0.740.